The topological polar surface area (TPSA) is 104 Å². The van der Waals surface area contributed by atoms with Gasteiger partial charge in [0.2, 0.25) is 5.91 Å². The molecular formula is C10H14N2O3S. The summed E-state index contributed by atoms with van der Waals surface area (Å²) in [5.74, 6) is -0.729. The molecule has 88 valence electrons. The Morgan fingerprint density at radius 3 is 2.44 bits per heavy atom. The summed E-state index contributed by atoms with van der Waals surface area (Å²) in [6, 6.07) is 4.29. The first-order valence-corrected chi connectivity index (χ1v) is 5.84. The van der Waals surface area contributed by atoms with Gasteiger partial charge >= 0.3 is 0 Å². The summed E-state index contributed by atoms with van der Waals surface area (Å²) in [6.45, 7) is 3.13. The first kappa shape index (κ1) is 12.7. The lowest BCUT2D eigenvalue weighted by Crippen LogP contribution is -2.18. The molecule has 0 heterocycles. The molecule has 0 radical (unpaired) electrons. The number of aliphatic hydroxyl groups is 1. The molecule has 1 atom stereocenters. The van der Waals surface area contributed by atoms with Gasteiger partial charge in [-0.3, -0.25) is 9.57 Å². The smallest absolute Gasteiger partial charge is 0.249 e. The largest absolute Gasteiger partial charge is 0.386 e. The van der Waals surface area contributed by atoms with Crippen molar-refractivity contribution in [2.24, 2.45) is 5.73 Å². The Labute approximate surface area is 95.3 Å². The molecule has 1 amide bonds. The van der Waals surface area contributed by atoms with Crippen molar-refractivity contribution >= 4 is 16.5 Å². The normalized spacial score (nSPS) is 13.4. The summed E-state index contributed by atoms with van der Waals surface area (Å²) in [5, 5.41) is 9.75. The van der Waals surface area contributed by atoms with Crippen LogP contribution in [0.3, 0.4) is 0 Å². The molecule has 0 fully saturated rings. The number of carbonyl (C=O) groups excluding carboxylic acids is 1. The van der Waals surface area contributed by atoms with E-state index in [4.69, 9.17) is 10.5 Å². The summed E-state index contributed by atoms with van der Waals surface area (Å²) >= 11 is 0. The Morgan fingerprint density at radius 1 is 1.50 bits per heavy atom. The lowest BCUT2D eigenvalue weighted by molar-refractivity contribution is 0.0782. The third kappa shape index (κ3) is 2.59. The first-order valence-electron chi connectivity index (χ1n) is 4.58. The first-order chi connectivity index (χ1) is 7.23. The van der Waals surface area contributed by atoms with Crippen LogP contribution in [0.2, 0.25) is 0 Å². The Hall–Kier alpha value is -1.40. The monoisotopic (exact) mass is 242 g/mol. The van der Waals surface area contributed by atoms with Crippen LogP contribution in [-0.4, -0.2) is 15.2 Å². The number of hydrogen-bond donors (Lipinski definition) is 4. The van der Waals surface area contributed by atoms with Gasteiger partial charge in [-0.2, -0.15) is 0 Å². The van der Waals surface area contributed by atoms with Crippen molar-refractivity contribution in [3.63, 3.8) is 0 Å². The van der Waals surface area contributed by atoms with Gasteiger partial charge in [0, 0.05) is 0 Å². The standard InChI is InChI=1S/C10H14N2O3S/c1-10(2,14)6-3-4-7(9(11)13)8(5-6)16(12)15/h3-5,12,14,16H,1-2H3,(H2,11,13). The quantitative estimate of drug-likeness (QED) is 0.584. The van der Waals surface area contributed by atoms with E-state index in [0.29, 0.717) is 5.56 Å². The Kier molecular flexibility index (Phi) is 3.35. The van der Waals surface area contributed by atoms with Crippen LogP contribution in [0.15, 0.2) is 23.1 Å². The van der Waals surface area contributed by atoms with E-state index in [0.717, 1.165) is 0 Å². The number of nitrogens with one attached hydrogen (secondary N) is 1. The van der Waals surface area contributed by atoms with Crippen LogP contribution in [0.25, 0.3) is 0 Å². The molecule has 1 aromatic rings. The highest BCUT2D eigenvalue weighted by Gasteiger charge is 2.19. The predicted octanol–water partition coefficient (Wildman–Crippen LogP) is 0.615. The predicted molar refractivity (Wildman–Crippen MR) is 60.7 cm³/mol. The SMILES string of the molecule is CC(C)(O)c1ccc(C(N)=O)c([SH](=N)=O)c1. The minimum absolute atomic E-state index is 0.0575. The molecule has 0 aliphatic heterocycles. The maximum Gasteiger partial charge on any atom is 0.249 e. The van der Waals surface area contributed by atoms with E-state index in [2.05, 4.69) is 0 Å². The molecule has 0 saturated carbocycles. The summed E-state index contributed by atoms with van der Waals surface area (Å²) in [6.07, 6.45) is 0. The fourth-order valence-corrected chi connectivity index (χ4v) is 1.95. The molecule has 6 heteroatoms. The number of carbonyl (C=O) groups is 1. The van der Waals surface area contributed by atoms with E-state index >= 15 is 0 Å². The van der Waals surface area contributed by atoms with Gasteiger partial charge < -0.3 is 10.8 Å². The van der Waals surface area contributed by atoms with Crippen molar-refractivity contribution in [1.82, 2.24) is 0 Å². The molecule has 0 aliphatic rings. The van der Waals surface area contributed by atoms with Crippen molar-refractivity contribution in [1.29, 1.82) is 4.78 Å². The molecule has 16 heavy (non-hydrogen) atoms. The molecule has 0 bridgehead atoms. The average molecular weight is 242 g/mol. The Morgan fingerprint density at radius 2 is 2.06 bits per heavy atom. The number of primary amides is 1. The van der Waals surface area contributed by atoms with Crippen LogP contribution in [-0.2, 0) is 16.2 Å². The Balaban J connectivity index is 3.46. The highest BCUT2D eigenvalue weighted by atomic mass is 32.2. The molecule has 5 nitrogen and oxygen atoms in total. The van der Waals surface area contributed by atoms with Gasteiger partial charge in [-0.05, 0) is 31.5 Å². The average Bonchev–Trinajstić information content (AvgIpc) is 2.15. The number of hydrogen-bond acceptors (Lipinski definition) is 4. The Bertz CT molecular complexity index is 493. The zero-order chi connectivity index (χ0) is 12.5. The zero-order valence-corrected chi connectivity index (χ0v) is 9.91. The fourth-order valence-electron chi connectivity index (χ4n) is 1.29. The molecule has 0 aliphatic carbocycles. The lowest BCUT2D eigenvalue weighted by atomic mass is 9.97. The second-order valence-electron chi connectivity index (χ2n) is 3.95. The van der Waals surface area contributed by atoms with Gasteiger partial charge in [-0.1, -0.05) is 6.07 Å². The van der Waals surface area contributed by atoms with Crippen LogP contribution in [0.4, 0.5) is 0 Å². The van der Waals surface area contributed by atoms with Gasteiger partial charge in [-0.25, -0.2) is 4.21 Å². The summed E-state index contributed by atoms with van der Waals surface area (Å²) < 4.78 is 18.3. The van der Waals surface area contributed by atoms with Gasteiger partial charge in [-0.15, -0.1) is 0 Å². The molecule has 0 aromatic heterocycles. The minimum atomic E-state index is -2.42. The molecule has 4 N–H and O–H groups in total. The number of amides is 1. The maximum absolute atomic E-state index is 11.2. The number of thiol groups is 1. The van der Waals surface area contributed by atoms with Crippen LogP contribution >= 0.6 is 0 Å². The number of benzene rings is 1. The van der Waals surface area contributed by atoms with E-state index < -0.39 is 22.1 Å². The van der Waals surface area contributed by atoms with Crippen molar-refractivity contribution in [3.8, 4) is 0 Å². The third-order valence-corrected chi connectivity index (χ3v) is 3.00. The molecule has 1 aromatic carbocycles. The van der Waals surface area contributed by atoms with E-state index in [1.165, 1.54) is 18.2 Å². The number of nitrogens with two attached hydrogens (primary N) is 1. The van der Waals surface area contributed by atoms with Crippen LogP contribution in [0, 0.1) is 4.78 Å². The minimum Gasteiger partial charge on any atom is -0.386 e. The molecule has 0 spiro atoms. The zero-order valence-electron chi connectivity index (χ0n) is 9.02. The van der Waals surface area contributed by atoms with E-state index in [1.54, 1.807) is 13.8 Å². The highest BCUT2D eigenvalue weighted by Crippen LogP contribution is 2.23. The van der Waals surface area contributed by atoms with Gasteiger partial charge in [0.25, 0.3) is 0 Å². The second-order valence-corrected chi connectivity index (χ2v) is 5.02. The van der Waals surface area contributed by atoms with Crippen LogP contribution < -0.4 is 5.73 Å². The summed E-state index contributed by atoms with van der Waals surface area (Å²) in [7, 11) is -2.42. The van der Waals surface area contributed by atoms with E-state index in [1.807, 2.05) is 0 Å². The molecule has 1 rings (SSSR count). The van der Waals surface area contributed by atoms with Gasteiger partial charge in [0.15, 0.2) is 0 Å². The van der Waals surface area contributed by atoms with Crippen LogP contribution in [0.5, 0.6) is 0 Å². The van der Waals surface area contributed by atoms with Crippen LogP contribution in [0.1, 0.15) is 29.8 Å². The van der Waals surface area contributed by atoms with Gasteiger partial charge in [0.05, 0.1) is 26.7 Å². The van der Waals surface area contributed by atoms with Crippen molar-refractivity contribution < 1.29 is 14.1 Å². The van der Waals surface area contributed by atoms with Crippen molar-refractivity contribution in [3.05, 3.63) is 29.3 Å². The molecule has 1 unspecified atom stereocenters. The highest BCUT2D eigenvalue weighted by molar-refractivity contribution is 7.73. The molecule has 0 saturated heterocycles. The summed E-state index contributed by atoms with van der Waals surface area (Å²) in [4.78, 5) is 11.1. The fraction of sp³-hybridized carbons (Fsp3) is 0.300. The third-order valence-electron chi connectivity index (χ3n) is 2.19. The maximum atomic E-state index is 11.2. The van der Waals surface area contributed by atoms with Crippen molar-refractivity contribution in [2.45, 2.75) is 24.3 Å². The lowest BCUT2D eigenvalue weighted by Gasteiger charge is -2.18. The van der Waals surface area contributed by atoms with E-state index in [9.17, 15) is 14.1 Å². The number of rotatable bonds is 3. The van der Waals surface area contributed by atoms with E-state index in [-0.39, 0.29) is 10.5 Å². The molecular weight excluding hydrogens is 228 g/mol. The van der Waals surface area contributed by atoms with Gasteiger partial charge in [0.1, 0.15) is 0 Å². The summed E-state index contributed by atoms with van der Waals surface area (Å²) in [5.41, 5.74) is 4.53. The second kappa shape index (κ2) is 4.23. The van der Waals surface area contributed by atoms with Crippen molar-refractivity contribution in [2.75, 3.05) is 0 Å².